The Hall–Kier alpha value is -2.68. The van der Waals surface area contributed by atoms with E-state index >= 15 is 0 Å². The van der Waals surface area contributed by atoms with Crippen LogP contribution < -0.4 is 14.4 Å². The van der Waals surface area contributed by atoms with Crippen LogP contribution in [0.15, 0.2) is 42.5 Å². The molecule has 0 saturated carbocycles. The lowest BCUT2D eigenvalue weighted by Gasteiger charge is -2.29. The van der Waals surface area contributed by atoms with Crippen LogP contribution in [0.1, 0.15) is 22.3 Å². The fourth-order valence-corrected chi connectivity index (χ4v) is 4.01. The Morgan fingerprint density at radius 2 is 1.96 bits per heavy atom. The molecule has 0 fully saturated rings. The average Bonchev–Trinajstić information content (AvgIpc) is 2.61. The van der Waals surface area contributed by atoms with Crippen molar-refractivity contribution in [2.45, 2.75) is 19.5 Å². The highest BCUT2D eigenvalue weighted by molar-refractivity contribution is 7.92. The molecule has 3 rings (SSSR count). The van der Waals surface area contributed by atoms with Gasteiger partial charge in [0, 0.05) is 12.1 Å². The fourth-order valence-electron chi connectivity index (χ4n) is 3.01. The third-order valence-electron chi connectivity index (χ3n) is 4.17. The number of sulfonamides is 1. The number of hydrogen-bond donors (Lipinski definition) is 1. The quantitative estimate of drug-likeness (QED) is 0.842. The van der Waals surface area contributed by atoms with Gasteiger partial charge in [-0.1, -0.05) is 12.1 Å². The summed E-state index contributed by atoms with van der Waals surface area (Å²) in [7, 11) is -3.39. The van der Waals surface area contributed by atoms with E-state index in [0.29, 0.717) is 30.6 Å². The Morgan fingerprint density at radius 3 is 2.67 bits per heavy atom. The minimum absolute atomic E-state index is 0.123. The molecule has 1 aliphatic heterocycles. The molecule has 1 N–H and O–H groups in total. The van der Waals surface area contributed by atoms with Gasteiger partial charge in [-0.3, -0.25) is 9.10 Å². The molecule has 0 aromatic heterocycles. The highest BCUT2D eigenvalue weighted by Crippen LogP contribution is 2.31. The predicted molar refractivity (Wildman–Crippen MR) is 98.0 cm³/mol. The number of para-hydroxylation sites is 2. The number of aryl methyl sites for hydroxylation is 1. The van der Waals surface area contributed by atoms with Crippen molar-refractivity contribution in [2.75, 3.05) is 22.4 Å². The first-order valence-corrected chi connectivity index (χ1v) is 10.1. The van der Waals surface area contributed by atoms with E-state index in [1.165, 1.54) is 28.6 Å². The molecule has 1 heterocycles. The van der Waals surface area contributed by atoms with Gasteiger partial charge in [0.2, 0.25) is 10.0 Å². The van der Waals surface area contributed by atoms with Crippen molar-refractivity contribution in [3.63, 3.8) is 0 Å². The van der Waals surface area contributed by atoms with Gasteiger partial charge in [0.15, 0.2) is 0 Å². The number of anilines is 2. The molecule has 27 heavy (non-hydrogen) atoms. The van der Waals surface area contributed by atoms with Crippen LogP contribution in [0.5, 0.6) is 5.75 Å². The molecule has 0 atom stereocenters. The maximum Gasteiger partial charge on any atom is 0.387 e. The third kappa shape index (κ3) is 4.36. The minimum Gasteiger partial charge on any atom is -0.433 e. The van der Waals surface area contributed by atoms with E-state index in [4.69, 9.17) is 0 Å². The van der Waals surface area contributed by atoms with Crippen molar-refractivity contribution in [3.8, 4) is 5.75 Å². The summed E-state index contributed by atoms with van der Waals surface area (Å²) >= 11 is 0. The zero-order valence-electron chi connectivity index (χ0n) is 14.5. The molecule has 1 aliphatic rings. The normalized spacial score (nSPS) is 14.0. The van der Waals surface area contributed by atoms with Gasteiger partial charge >= 0.3 is 6.61 Å². The number of fused-ring (bicyclic) bond motifs is 1. The van der Waals surface area contributed by atoms with E-state index in [1.54, 1.807) is 18.2 Å². The van der Waals surface area contributed by atoms with Crippen molar-refractivity contribution in [1.82, 2.24) is 0 Å². The summed E-state index contributed by atoms with van der Waals surface area (Å²) < 4.78 is 54.5. The van der Waals surface area contributed by atoms with Crippen molar-refractivity contribution in [3.05, 3.63) is 53.6 Å². The van der Waals surface area contributed by atoms with E-state index < -0.39 is 22.5 Å². The number of ether oxygens (including phenoxy) is 1. The summed E-state index contributed by atoms with van der Waals surface area (Å²) in [4.78, 5) is 12.5. The standard InChI is InChI=1S/C18H18F2N2O4S/c1-27(24,25)22-10-4-5-12-11-13(8-9-15(12)22)17(23)21-14-6-2-3-7-16(14)26-18(19)20/h2-3,6-9,11,18H,4-5,10H2,1H3,(H,21,23). The van der Waals surface area contributed by atoms with Crippen molar-refractivity contribution >= 4 is 27.3 Å². The van der Waals surface area contributed by atoms with Gasteiger partial charge < -0.3 is 10.1 Å². The van der Waals surface area contributed by atoms with Crippen LogP contribution in [-0.2, 0) is 16.4 Å². The first kappa shape index (κ1) is 19.1. The van der Waals surface area contributed by atoms with Gasteiger partial charge in [-0.25, -0.2) is 8.42 Å². The second-order valence-electron chi connectivity index (χ2n) is 6.11. The zero-order valence-corrected chi connectivity index (χ0v) is 15.3. The number of amides is 1. The number of carbonyl (C=O) groups is 1. The largest absolute Gasteiger partial charge is 0.433 e. The molecule has 0 bridgehead atoms. The second kappa shape index (κ2) is 7.51. The molecule has 0 spiro atoms. The monoisotopic (exact) mass is 396 g/mol. The highest BCUT2D eigenvalue weighted by Gasteiger charge is 2.25. The number of alkyl halides is 2. The van der Waals surface area contributed by atoms with Gasteiger partial charge in [0.1, 0.15) is 5.75 Å². The zero-order chi connectivity index (χ0) is 19.6. The molecule has 6 nitrogen and oxygen atoms in total. The van der Waals surface area contributed by atoms with E-state index in [0.717, 1.165) is 11.8 Å². The molecule has 144 valence electrons. The molecule has 0 radical (unpaired) electrons. The van der Waals surface area contributed by atoms with Crippen LogP contribution in [-0.4, -0.2) is 33.7 Å². The summed E-state index contributed by atoms with van der Waals surface area (Å²) in [6.07, 6.45) is 2.44. The van der Waals surface area contributed by atoms with Gasteiger partial charge in [-0.2, -0.15) is 8.78 Å². The van der Waals surface area contributed by atoms with E-state index in [9.17, 15) is 22.0 Å². The summed E-state index contributed by atoms with van der Waals surface area (Å²) in [6, 6.07) is 10.6. The minimum atomic E-state index is -3.39. The lowest BCUT2D eigenvalue weighted by atomic mass is 10.0. The highest BCUT2D eigenvalue weighted by atomic mass is 32.2. The molecule has 1 amide bonds. The lowest BCUT2D eigenvalue weighted by Crippen LogP contribution is -2.34. The Bertz CT molecular complexity index is 964. The molecular formula is C18H18F2N2O4S. The number of nitrogens with one attached hydrogen (secondary N) is 1. The summed E-state index contributed by atoms with van der Waals surface area (Å²) in [5.74, 6) is -0.637. The molecule has 2 aromatic rings. The Labute approximate surface area is 155 Å². The van der Waals surface area contributed by atoms with E-state index in [1.807, 2.05) is 0 Å². The maximum atomic E-state index is 12.5. The number of carbonyl (C=O) groups excluding carboxylic acids is 1. The molecule has 2 aromatic carbocycles. The average molecular weight is 396 g/mol. The number of benzene rings is 2. The Morgan fingerprint density at radius 1 is 1.22 bits per heavy atom. The summed E-state index contributed by atoms with van der Waals surface area (Å²) in [6.45, 7) is -2.61. The van der Waals surface area contributed by atoms with Crippen LogP contribution in [0.25, 0.3) is 0 Å². The van der Waals surface area contributed by atoms with Gasteiger partial charge in [-0.05, 0) is 48.7 Å². The van der Waals surface area contributed by atoms with Crippen molar-refractivity contribution < 1.29 is 26.7 Å². The first-order valence-electron chi connectivity index (χ1n) is 8.21. The molecule has 0 saturated heterocycles. The van der Waals surface area contributed by atoms with Gasteiger partial charge in [0.05, 0.1) is 17.6 Å². The third-order valence-corrected chi connectivity index (χ3v) is 5.35. The summed E-state index contributed by atoms with van der Waals surface area (Å²) in [5.41, 5.74) is 1.73. The van der Waals surface area contributed by atoms with Crippen LogP contribution in [0.3, 0.4) is 0 Å². The van der Waals surface area contributed by atoms with Gasteiger partial charge in [0.25, 0.3) is 5.91 Å². The van der Waals surface area contributed by atoms with Crippen LogP contribution in [0, 0.1) is 0 Å². The van der Waals surface area contributed by atoms with Crippen molar-refractivity contribution in [1.29, 1.82) is 0 Å². The summed E-state index contributed by atoms with van der Waals surface area (Å²) in [5, 5.41) is 2.55. The maximum absolute atomic E-state index is 12.5. The number of halogens is 2. The SMILES string of the molecule is CS(=O)(=O)N1CCCc2cc(C(=O)Nc3ccccc3OC(F)F)ccc21. The molecular weight excluding hydrogens is 378 g/mol. The molecule has 0 unspecified atom stereocenters. The van der Waals surface area contributed by atoms with E-state index in [-0.39, 0.29) is 11.4 Å². The Balaban J connectivity index is 1.85. The van der Waals surface area contributed by atoms with Crippen molar-refractivity contribution in [2.24, 2.45) is 0 Å². The molecule has 0 aliphatic carbocycles. The second-order valence-corrected chi connectivity index (χ2v) is 8.02. The van der Waals surface area contributed by atoms with E-state index in [2.05, 4.69) is 10.1 Å². The van der Waals surface area contributed by atoms with Crippen LogP contribution in [0.4, 0.5) is 20.2 Å². The topological polar surface area (TPSA) is 75.7 Å². The fraction of sp³-hybridized carbons (Fsp3) is 0.278. The van der Waals surface area contributed by atoms with Gasteiger partial charge in [-0.15, -0.1) is 0 Å². The van der Waals surface area contributed by atoms with Crippen LogP contribution >= 0.6 is 0 Å². The van der Waals surface area contributed by atoms with Crippen LogP contribution in [0.2, 0.25) is 0 Å². The Kier molecular flexibility index (Phi) is 5.31. The lowest BCUT2D eigenvalue weighted by molar-refractivity contribution is -0.0493. The predicted octanol–water partition coefficient (Wildman–Crippen LogP) is 3.25. The number of nitrogens with zero attached hydrogens (tertiary/aromatic N) is 1. The first-order chi connectivity index (χ1) is 12.8. The number of rotatable bonds is 5. The number of hydrogen-bond acceptors (Lipinski definition) is 4. The molecule has 9 heteroatoms. The smallest absolute Gasteiger partial charge is 0.387 e.